The first kappa shape index (κ1) is 15.0. The lowest BCUT2D eigenvalue weighted by molar-refractivity contribution is 0.324. The highest BCUT2D eigenvalue weighted by Gasteiger charge is 2.05. The van der Waals surface area contributed by atoms with Gasteiger partial charge in [0.25, 0.3) is 0 Å². The van der Waals surface area contributed by atoms with E-state index < -0.39 is 0 Å². The topological polar surface area (TPSA) is 3.24 Å². The number of hydrogen-bond acceptors (Lipinski definition) is 2. The third kappa shape index (κ3) is 4.98. The van der Waals surface area contributed by atoms with Gasteiger partial charge in [-0.3, -0.25) is 0 Å². The van der Waals surface area contributed by atoms with Crippen LogP contribution in [0, 0.1) is 5.82 Å². The van der Waals surface area contributed by atoms with Crippen molar-refractivity contribution in [3.63, 3.8) is 0 Å². The third-order valence-corrected chi connectivity index (χ3v) is 4.61. The summed E-state index contributed by atoms with van der Waals surface area (Å²) in [6.07, 6.45) is 0. The molecule has 17 heavy (non-hydrogen) atoms. The van der Waals surface area contributed by atoms with Crippen LogP contribution in [0.2, 0.25) is 0 Å². The molecule has 0 amide bonds. The highest BCUT2D eigenvalue weighted by atomic mass is 79.9. The van der Waals surface area contributed by atoms with E-state index in [1.165, 1.54) is 6.07 Å². The fraction of sp³-hybridized carbons (Fsp3) is 0.538. The summed E-state index contributed by atoms with van der Waals surface area (Å²) in [5.74, 6) is 1.77. The molecule has 0 spiro atoms. The molecule has 1 nitrogen and oxygen atoms in total. The van der Waals surface area contributed by atoms with Crippen molar-refractivity contribution in [3.05, 3.63) is 34.1 Å². The summed E-state index contributed by atoms with van der Waals surface area (Å²) in [6, 6.07) is 5.21. The lowest BCUT2D eigenvalue weighted by atomic mass is 10.2. The molecule has 0 unspecified atom stereocenters. The van der Waals surface area contributed by atoms with Gasteiger partial charge in [-0.1, -0.05) is 26.0 Å². The van der Waals surface area contributed by atoms with E-state index in [9.17, 15) is 4.39 Å². The molecule has 4 heteroatoms. The summed E-state index contributed by atoms with van der Waals surface area (Å²) in [5.41, 5.74) is 1.04. The quantitative estimate of drug-likeness (QED) is 0.694. The zero-order valence-corrected chi connectivity index (χ0v) is 12.8. The predicted octanol–water partition coefficient (Wildman–Crippen LogP) is 4.16. The van der Waals surface area contributed by atoms with Gasteiger partial charge in [-0.2, -0.15) is 11.8 Å². The van der Waals surface area contributed by atoms with Gasteiger partial charge < -0.3 is 4.90 Å². The highest BCUT2D eigenvalue weighted by Crippen LogP contribution is 2.24. The Morgan fingerprint density at radius 2 is 2.00 bits per heavy atom. The van der Waals surface area contributed by atoms with Crippen LogP contribution in [0.15, 0.2) is 22.7 Å². The Morgan fingerprint density at radius 3 is 2.65 bits per heavy atom. The molecule has 0 saturated carbocycles. The summed E-state index contributed by atoms with van der Waals surface area (Å²) in [4.78, 5) is 2.40. The molecule has 1 aromatic carbocycles. The number of rotatable bonds is 7. The minimum absolute atomic E-state index is 0.174. The standard InChI is InChI=1S/C13H19BrFNS/c1-3-16(4-2)8-9-17-10-11-6-5-7-12(15)13(11)14/h5-7H,3-4,8-10H2,1-2H3. The van der Waals surface area contributed by atoms with Crippen molar-refractivity contribution in [2.75, 3.05) is 25.4 Å². The van der Waals surface area contributed by atoms with E-state index in [1.807, 2.05) is 17.8 Å². The first-order valence-electron chi connectivity index (χ1n) is 5.92. The number of thioether (sulfide) groups is 1. The molecular weight excluding hydrogens is 301 g/mol. The van der Waals surface area contributed by atoms with Crippen LogP contribution in [0.4, 0.5) is 4.39 Å². The SMILES string of the molecule is CCN(CC)CCSCc1cccc(F)c1Br. The number of hydrogen-bond donors (Lipinski definition) is 0. The molecule has 0 saturated heterocycles. The smallest absolute Gasteiger partial charge is 0.137 e. The van der Waals surface area contributed by atoms with E-state index in [0.29, 0.717) is 4.47 Å². The number of benzene rings is 1. The molecule has 1 rings (SSSR count). The monoisotopic (exact) mass is 319 g/mol. The molecule has 0 heterocycles. The van der Waals surface area contributed by atoms with Crippen molar-refractivity contribution in [1.82, 2.24) is 4.90 Å². The van der Waals surface area contributed by atoms with E-state index in [4.69, 9.17) is 0 Å². The molecule has 0 fully saturated rings. The van der Waals surface area contributed by atoms with Gasteiger partial charge in [-0.25, -0.2) is 4.39 Å². The van der Waals surface area contributed by atoms with Crippen LogP contribution >= 0.6 is 27.7 Å². The third-order valence-electron chi connectivity index (χ3n) is 2.74. The molecule has 0 aliphatic rings. The first-order chi connectivity index (χ1) is 8.19. The number of halogens is 2. The van der Waals surface area contributed by atoms with Gasteiger partial charge in [-0.15, -0.1) is 0 Å². The van der Waals surface area contributed by atoms with Crippen LogP contribution < -0.4 is 0 Å². The zero-order valence-electron chi connectivity index (χ0n) is 10.4. The highest BCUT2D eigenvalue weighted by molar-refractivity contribution is 9.10. The van der Waals surface area contributed by atoms with E-state index >= 15 is 0 Å². The summed E-state index contributed by atoms with van der Waals surface area (Å²) in [7, 11) is 0. The summed E-state index contributed by atoms with van der Waals surface area (Å²) < 4.78 is 13.9. The maximum Gasteiger partial charge on any atom is 0.137 e. The fourth-order valence-corrected chi connectivity index (χ4v) is 3.16. The molecule has 0 atom stereocenters. The molecule has 0 bridgehead atoms. The average Bonchev–Trinajstić information content (AvgIpc) is 2.34. The maximum atomic E-state index is 13.3. The summed E-state index contributed by atoms with van der Waals surface area (Å²) in [6.45, 7) is 7.65. The van der Waals surface area contributed by atoms with Crippen molar-refractivity contribution in [2.24, 2.45) is 0 Å². The van der Waals surface area contributed by atoms with Crippen molar-refractivity contribution in [1.29, 1.82) is 0 Å². The second-order valence-corrected chi connectivity index (χ2v) is 5.69. The van der Waals surface area contributed by atoms with Crippen molar-refractivity contribution in [2.45, 2.75) is 19.6 Å². The van der Waals surface area contributed by atoms with E-state index in [2.05, 4.69) is 34.7 Å². The first-order valence-corrected chi connectivity index (χ1v) is 7.86. The molecule has 0 aliphatic carbocycles. The van der Waals surface area contributed by atoms with Gasteiger partial charge in [0.1, 0.15) is 5.82 Å². The molecule has 0 aliphatic heterocycles. The van der Waals surface area contributed by atoms with Crippen LogP contribution in [0.25, 0.3) is 0 Å². The Morgan fingerprint density at radius 1 is 1.29 bits per heavy atom. The van der Waals surface area contributed by atoms with E-state index in [0.717, 1.165) is 36.7 Å². The van der Waals surface area contributed by atoms with E-state index in [-0.39, 0.29) is 5.82 Å². The van der Waals surface area contributed by atoms with Gasteiger partial charge >= 0.3 is 0 Å². The lowest BCUT2D eigenvalue weighted by Gasteiger charge is -2.17. The van der Waals surface area contributed by atoms with E-state index in [1.54, 1.807) is 6.07 Å². The minimum Gasteiger partial charge on any atom is -0.303 e. The summed E-state index contributed by atoms with van der Waals surface area (Å²) in [5, 5.41) is 0. The molecule has 0 N–H and O–H groups in total. The predicted molar refractivity (Wildman–Crippen MR) is 78.1 cm³/mol. The zero-order chi connectivity index (χ0) is 12.7. The van der Waals surface area contributed by atoms with Crippen LogP contribution in [0.5, 0.6) is 0 Å². The van der Waals surface area contributed by atoms with Crippen LogP contribution in [-0.2, 0) is 5.75 Å². The second-order valence-electron chi connectivity index (χ2n) is 3.79. The van der Waals surface area contributed by atoms with Crippen molar-refractivity contribution in [3.8, 4) is 0 Å². The Bertz CT molecular complexity index is 342. The molecule has 96 valence electrons. The summed E-state index contributed by atoms with van der Waals surface area (Å²) >= 11 is 5.14. The van der Waals surface area contributed by atoms with Gasteiger partial charge in [0, 0.05) is 18.1 Å². The van der Waals surface area contributed by atoms with Gasteiger partial charge in [0.05, 0.1) is 4.47 Å². The molecule has 0 radical (unpaired) electrons. The Hall–Kier alpha value is -0.0600. The second kappa shape index (κ2) is 8.11. The van der Waals surface area contributed by atoms with Crippen LogP contribution in [-0.4, -0.2) is 30.3 Å². The van der Waals surface area contributed by atoms with Crippen LogP contribution in [0.3, 0.4) is 0 Å². The van der Waals surface area contributed by atoms with Crippen molar-refractivity contribution >= 4 is 27.7 Å². The minimum atomic E-state index is -0.174. The van der Waals surface area contributed by atoms with Gasteiger partial charge in [-0.05, 0) is 40.6 Å². The Kier molecular flexibility index (Phi) is 7.16. The molecule has 0 aromatic heterocycles. The maximum absolute atomic E-state index is 13.3. The lowest BCUT2D eigenvalue weighted by Crippen LogP contribution is -2.25. The van der Waals surface area contributed by atoms with Crippen molar-refractivity contribution < 1.29 is 4.39 Å². The molecule has 1 aromatic rings. The average molecular weight is 320 g/mol. The Labute approximate surface area is 116 Å². The van der Waals surface area contributed by atoms with Gasteiger partial charge in [0.2, 0.25) is 0 Å². The van der Waals surface area contributed by atoms with Gasteiger partial charge in [0.15, 0.2) is 0 Å². The van der Waals surface area contributed by atoms with Crippen LogP contribution in [0.1, 0.15) is 19.4 Å². The normalized spacial score (nSPS) is 11.1. The Balaban J connectivity index is 2.33. The molecular formula is C13H19BrFNS. The largest absolute Gasteiger partial charge is 0.303 e. The number of nitrogens with zero attached hydrogens (tertiary/aromatic N) is 1. The fourth-order valence-electron chi connectivity index (χ4n) is 1.58.